The highest BCUT2D eigenvalue weighted by Crippen LogP contribution is 2.11. The Morgan fingerprint density at radius 3 is 1.94 bits per heavy atom. The Bertz CT molecular complexity index is 139. The fourth-order valence-electron chi connectivity index (χ4n) is 1.84. The summed E-state index contributed by atoms with van der Waals surface area (Å²) in [7, 11) is 0. The normalized spacial score (nSPS) is 15.0. The molecule has 3 nitrogen and oxygen atoms in total. The summed E-state index contributed by atoms with van der Waals surface area (Å²) in [5, 5.41) is 27.3. The molecule has 2 unspecified atom stereocenters. The molecule has 0 heterocycles. The molecule has 0 aliphatic heterocycles. The molecule has 3 N–H and O–H groups in total. The van der Waals surface area contributed by atoms with Gasteiger partial charge < -0.3 is 15.3 Å². The number of unbranched alkanes of at least 4 members (excludes halogenated alkanes) is 6. The Kier molecular flexibility index (Phi) is 11.3. The first-order chi connectivity index (χ1) is 7.70. The van der Waals surface area contributed by atoms with E-state index in [9.17, 15) is 5.11 Å². The topological polar surface area (TPSA) is 60.7 Å². The first-order valence-corrected chi connectivity index (χ1v) is 6.67. The highest BCUT2D eigenvalue weighted by atomic mass is 16.3. The molecule has 0 saturated heterocycles. The average molecular weight is 232 g/mol. The van der Waals surface area contributed by atoms with E-state index in [1.807, 2.05) is 0 Å². The number of rotatable bonds is 11. The Hall–Kier alpha value is -0.120. The standard InChI is InChI=1S/C13H28O3/c1-2-3-4-5-6-7-8-9-12(15)10-13(16)11-14/h12-16H,2-11H2,1H3. The summed E-state index contributed by atoms with van der Waals surface area (Å²) in [6.45, 7) is 1.96. The van der Waals surface area contributed by atoms with Gasteiger partial charge in [-0.25, -0.2) is 0 Å². The van der Waals surface area contributed by atoms with Crippen molar-refractivity contribution in [2.45, 2.75) is 76.9 Å². The van der Waals surface area contributed by atoms with Crippen LogP contribution in [-0.4, -0.2) is 34.1 Å². The Morgan fingerprint density at radius 2 is 1.38 bits per heavy atom. The van der Waals surface area contributed by atoms with Crippen LogP contribution in [0.1, 0.15) is 64.7 Å². The van der Waals surface area contributed by atoms with E-state index >= 15 is 0 Å². The van der Waals surface area contributed by atoms with Gasteiger partial charge in [-0.2, -0.15) is 0 Å². The van der Waals surface area contributed by atoms with Gasteiger partial charge in [0.15, 0.2) is 0 Å². The minimum atomic E-state index is -0.764. The zero-order valence-electron chi connectivity index (χ0n) is 10.6. The molecule has 0 rings (SSSR count). The molecule has 0 aliphatic rings. The van der Waals surface area contributed by atoms with Crippen LogP contribution in [0.3, 0.4) is 0 Å². The quantitative estimate of drug-likeness (QED) is 0.479. The number of hydrogen-bond donors (Lipinski definition) is 3. The van der Waals surface area contributed by atoms with Gasteiger partial charge in [0.1, 0.15) is 0 Å². The van der Waals surface area contributed by atoms with Gasteiger partial charge in [0.05, 0.1) is 18.8 Å². The molecule has 0 amide bonds. The summed E-state index contributed by atoms with van der Waals surface area (Å²) in [5.74, 6) is 0. The molecule has 0 fully saturated rings. The molecule has 0 spiro atoms. The lowest BCUT2D eigenvalue weighted by atomic mass is 10.0. The maximum absolute atomic E-state index is 9.52. The van der Waals surface area contributed by atoms with Gasteiger partial charge in [-0.1, -0.05) is 51.9 Å². The minimum Gasteiger partial charge on any atom is -0.394 e. The average Bonchev–Trinajstić information content (AvgIpc) is 2.27. The molecule has 98 valence electrons. The van der Waals surface area contributed by atoms with Crippen LogP contribution >= 0.6 is 0 Å². The molecule has 3 heteroatoms. The lowest BCUT2D eigenvalue weighted by Gasteiger charge is -2.13. The van der Waals surface area contributed by atoms with Crippen LogP contribution in [0.2, 0.25) is 0 Å². The first-order valence-electron chi connectivity index (χ1n) is 6.67. The highest BCUT2D eigenvalue weighted by Gasteiger charge is 2.10. The van der Waals surface area contributed by atoms with Crippen molar-refractivity contribution >= 4 is 0 Å². The van der Waals surface area contributed by atoms with Gasteiger partial charge >= 0.3 is 0 Å². The number of aliphatic hydroxyl groups is 3. The SMILES string of the molecule is CCCCCCCCCC(O)CC(O)CO. The van der Waals surface area contributed by atoms with E-state index in [2.05, 4.69) is 6.92 Å². The second-order valence-corrected chi connectivity index (χ2v) is 4.64. The largest absolute Gasteiger partial charge is 0.394 e. The summed E-state index contributed by atoms with van der Waals surface area (Å²) >= 11 is 0. The predicted molar refractivity (Wildman–Crippen MR) is 66.3 cm³/mol. The van der Waals surface area contributed by atoms with Crippen LogP contribution in [0.15, 0.2) is 0 Å². The van der Waals surface area contributed by atoms with Crippen LogP contribution in [0.4, 0.5) is 0 Å². The van der Waals surface area contributed by atoms with E-state index < -0.39 is 12.2 Å². The minimum absolute atomic E-state index is 0.256. The number of aliphatic hydroxyl groups excluding tert-OH is 3. The third-order valence-corrected chi connectivity index (χ3v) is 2.90. The van der Waals surface area contributed by atoms with E-state index in [1.165, 1.54) is 32.1 Å². The Labute approximate surface area is 99.5 Å². The predicted octanol–water partition coefficient (Wildman–Crippen LogP) is 2.23. The van der Waals surface area contributed by atoms with Crippen molar-refractivity contribution in [2.75, 3.05) is 6.61 Å². The summed E-state index contributed by atoms with van der Waals surface area (Å²) in [6, 6.07) is 0. The molecule has 0 aromatic rings. The smallest absolute Gasteiger partial charge is 0.0795 e. The zero-order valence-corrected chi connectivity index (χ0v) is 10.6. The van der Waals surface area contributed by atoms with E-state index in [1.54, 1.807) is 0 Å². The summed E-state index contributed by atoms with van der Waals surface area (Å²) in [4.78, 5) is 0. The lowest BCUT2D eigenvalue weighted by Crippen LogP contribution is -2.20. The third-order valence-electron chi connectivity index (χ3n) is 2.90. The van der Waals surface area contributed by atoms with Gasteiger partial charge in [-0.15, -0.1) is 0 Å². The van der Waals surface area contributed by atoms with Crippen molar-refractivity contribution < 1.29 is 15.3 Å². The van der Waals surface area contributed by atoms with Crippen molar-refractivity contribution in [3.8, 4) is 0 Å². The lowest BCUT2D eigenvalue weighted by molar-refractivity contribution is 0.0380. The first kappa shape index (κ1) is 15.9. The monoisotopic (exact) mass is 232 g/mol. The van der Waals surface area contributed by atoms with Gasteiger partial charge in [0.2, 0.25) is 0 Å². The summed E-state index contributed by atoms with van der Waals surface area (Å²) < 4.78 is 0. The van der Waals surface area contributed by atoms with Crippen LogP contribution in [0.25, 0.3) is 0 Å². The van der Waals surface area contributed by atoms with Gasteiger partial charge in [-0.05, 0) is 6.42 Å². The second kappa shape index (κ2) is 11.4. The fourth-order valence-corrected chi connectivity index (χ4v) is 1.84. The molecule has 0 saturated carbocycles. The molecule has 0 radical (unpaired) electrons. The maximum atomic E-state index is 9.52. The van der Waals surface area contributed by atoms with Gasteiger partial charge in [-0.3, -0.25) is 0 Å². The Balaban J connectivity index is 3.18. The van der Waals surface area contributed by atoms with Crippen LogP contribution in [0.5, 0.6) is 0 Å². The van der Waals surface area contributed by atoms with E-state index in [0.29, 0.717) is 6.42 Å². The molecule has 0 aliphatic carbocycles. The van der Waals surface area contributed by atoms with Gasteiger partial charge in [0, 0.05) is 6.42 Å². The van der Waals surface area contributed by atoms with E-state index in [4.69, 9.17) is 10.2 Å². The second-order valence-electron chi connectivity index (χ2n) is 4.64. The molecule has 2 atom stereocenters. The van der Waals surface area contributed by atoms with Crippen molar-refractivity contribution in [3.05, 3.63) is 0 Å². The molecular formula is C13H28O3. The summed E-state index contributed by atoms with van der Waals surface area (Å²) in [6.07, 6.45) is 8.46. The van der Waals surface area contributed by atoms with Crippen molar-refractivity contribution in [2.24, 2.45) is 0 Å². The van der Waals surface area contributed by atoms with Crippen LogP contribution in [-0.2, 0) is 0 Å². The van der Waals surface area contributed by atoms with Crippen LogP contribution < -0.4 is 0 Å². The third kappa shape index (κ3) is 10.4. The zero-order chi connectivity index (χ0) is 12.2. The van der Waals surface area contributed by atoms with Crippen molar-refractivity contribution in [3.63, 3.8) is 0 Å². The number of hydrogen-bond acceptors (Lipinski definition) is 3. The maximum Gasteiger partial charge on any atom is 0.0795 e. The van der Waals surface area contributed by atoms with E-state index in [0.717, 1.165) is 19.3 Å². The van der Waals surface area contributed by atoms with Crippen molar-refractivity contribution in [1.29, 1.82) is 0 Å². The van der Waals surface area contributed by atoms with Gasteiger partial charge in [0.25, 0.3) is 0 Å². The van der Waals surface area contributed by atoms with Crippen LogP contribution in [0, 0.1) is 0 Å². The molecule has 0 aromatic carbocycles. The van der Waals surface area contributed by atoms with E-state index in [-0.39, 0.29) is 6.61 Å². The molecule has 0 aromatic heterocycles. The highest BCUT2D eigenvalue weighted by molar-refractivity contribution is 4.62. The summed E-state index contributed by atoms with van der Waals surface area (Å²) in [5.41, 5.74) is 0. The molecule has 0 bridgehead atoms. The fraction of sp³-hybridized carbons (Fsp3) is 1.00. The Morgan fingerprint density at radius 1 is 0.812 bits per heavy atom. The molecule has 16 heavy (non-hydrogen) atoms. The van der Waals surface area contributed by atoms with Crippen molar-refractivity contribution in [1.82, 2.24) is 0 Å². The molecular weight excluding hydrogens is 204 g/mol.